The van der Waals surface area contributed by atoms with Crippen LogP contribution in [0.3, 0.4) is 0 Å². The lowest BCUT2D eigenvalue weighted by Crippen LogP contribution is -2.48. The van der Waals surface area contributed by atoms with E-state index in [1.807, 2.05) is 0 Å². The monoisotopic (exact) mass is 328 g/mol. The van der Waals surface area contributed by atoms with Crippen molar-refractivity contribution in [2.75, 3.05) is 19.7 Å². The van der Waals surface area contributed by atoms with Crippen LogP contribution < -0.4 is 5.32 Å². The molecule has 1 aromatic rings. The molecule has 1 saturated carbocycles. The Hall–Kier alpha value is -1.76. The molecular formula is C16H19F3N2O2. The molecule has 2 amide bonds. The van der Waals surface area contributed by atoms with E-state index in [1.165, 1.54) is 17.2 Å². The van der Waals surface area contributed by atoms with Gasteiger partial charge in [0.1, 0.15) is 0 Å². The summed E-state index contributed by atoms with van der Waals surface area (Å²) in [6, 6.07) is 5.11. The third-order valence-corrected chi connectivity index (χ3v) is 4.67. The molecule has 1 saturated heterocycles. The number of hydrogen-bond acceptors (Lipinski definition) is 2. The topological polar surface area (TPSA) is 41.6 Å². The molecule has 0 radical (unpaired) electrons. The van der Waals surface area contributed by atoms with Crippen molar-refractivity contribution in [1.29, 1.82) is 0 Å². The molecule has 2 aliphatic rings. The number of hydrogen-bond donors (Lipinski definition) is 1. The number of rotatable bonds is 3. The van der Waals surface area contributed by atoms with Gasteiger partial charge in [-0.1, -0.05) is 24.6 Å². The summed E-state index contributed by atoms with van der Waals surface area (Å²) >= 11 is 0. The van der Waals surface area contributed by atoms with Crippen LogP contribution in [0.4, 0.5) is 18.0 Å². The maximum atomic E-state index is 12.9. The number of alkyl halides is 3. The van der Waals surface area contributed by atoms with Gasteiger partial charge in [-0.2, -0.15) is 13.2 Å². The number of carbonyl (C=O) groups excluding carboxylic acids is 1. The van der Waals surface area contributed by atoms with Crippen molar-refractivity contribution in [1.82, 2.24) is 10.4 Å². The van der Waals surface area contributed by atoms with E-state index in [1.54, 1.807) is 6.07 Å². The van der Waals surface area contributed by atoms with Crippen LogP contribution in [0.25, 0.3) is 0 Å². The van der Waals surface area contributed by atoms with Crippen LogP contribution in [-0.2, 0) is 16.4 Å². The lowest BCUT2D eigenvalue weighted by Gasteiger charge is -2.43. The summed E-state index contributed by atoms with van der Waals surface area (Å²) < 4.78 is 38.7. The fourth-order valence-electron chi connectivity index (χ4n) is 3.14. The Morgan fingerprint density at radius 1 is 1.30 bits per heavy atom. The van der Waals surface area contributed by atoms with E-state index in [2.05, 4.69) is 5.32 Å². The van der Waals surface area contributed by atoms with Crippen molar-refractivity contribution >= 4 is 6.03 Å². The first-order valence-electron chi connectivity index (χ1n) is 7.77. The second kappa shape index (κ2) is 6.03. The summed E-state index contributed by atoms with van der Waals surface area (Å²) in [6.45, 7) is 1.39. The van der Waals surface area contributed by atoms with Gasteiger partial charge in [-0.05, 0) is 30.9 Å². The molecule has 0 aromatic heterocycles. The first-order valence-corrected chi connectivity index (χ1v) is 7.77. The molecule has 0 unspecified atom stereocenters. The SMILES string of the molecule is O=C(NCC1(c2cccc(C(F)(F)F)c2)CCC1)N1CCCO1. The van der Waals surface area contributed by atoms with Crippen LogP contribution in [0.2, 0.25) is 0 Å². The Morgan fingerprint density at radius 3 is 2.65 bits per heavy atom. The first kappa shape index (κ1) is 16.1. The molecule has 0 bridgehead atoms. The molecule has 0 spiro atoms. The highest BCUT2D eigenvalue weighted by Gasteiger charge is 2.41. The van der Waals surface area contributed by atoms with Gasteiger partial charge >= 0.3 is 12.2 Å². The molecule has 126 valence electrons. The Labute approximate surface area is 132 Å². The zero-order chi connectivity index (χ0) is 16.5. The number of carbonyl (C=O) groups is 1. The van der Waals surface area contributed by atoms with Gasteiger partial charge in [0.15, 0.2) is 0 Å². The van der Waals surface area contributed by atoms with E-state index in [4.69, 9.17) is 4.84 Å². The van der Waals surface area contributed by atoms with Gasteiger partial charge in [0, 0.05) is 12.0 Å². The smallest absolute Gasteiger partial charge is 0.335 e. The largest absolute Gasteiger partial charge is 0.416 e. The predicted molar refractivity (Wildman–Crippen MR) is 77.6 cm³/mol. The summed E-state index contributed by atoms with van der Waals surface area (Å²) in [6.07, 6.45) is -1.06. The van der Waals surface area contributed by atoms with Crippen molar-refractivity contribution < 1.29 is 22.8 Å². The Bertz CT molecular complexity index is 579. The zero-order valence-electron chi connectivity index (χ0n) is 12.7. The van der Waals surface area contributed by atoms with Gasteiger partial charge in [-0.15, -0.1) is 0 Å². The third kappa shape index (κ3) is 3.29. The molecule has 23 heavy (non-hydrogen) atoms. The molecule has 1 aliphatic heterocycles. The average molecular weight is 328 g/mol. The third-order valence-electron chi connectivity index (χ3n) is 4.67. The van der Waals surface area contributed by atoms with Crippen molar-refractivity contribution in [3.05, 3.63) is 35.4 Å². The van der Waals surface area contributed by atoms with E-state index in [0.29, 0.717) is 25.3 Å². The van der Waals surface area contributed by atoms with Crippen LogP contribution in [-0.4, -0.2) is 30.8 Å². The maximum absolute atomic E-state index is 12.9. The number of amides is 2. The molecule has 0 atom stereocenters. The van der Waals surface area contributed by atoms with E-state index >= 15 is 0 Å². The van der Waals surface area contributed by atoms with E-state index in [0.717, 1.165) is 31.7 Å². The molecule has 3 rings (SSSR count). The number of hydroxylamine groups is 2. The van der Waals surface area contributed by atoms with Crippen molar-refractivity contribution in [2.24, 2.45) is 0 Å². The summed E-state index contributed by atoms with van der Waals surface area (Å²) in [5, 5.41) is 4.08. The second-order valence-electron chi connectivity index (χ2n) is 6.16. The lowest BCUT2D eigenvalue weighted by atomic mass is 9.64. The molecule has 1 N–H and O–H groups in total. The van der Waals surface area contributed by atoms with Gasteiger partial charge in [0.05, 0.1) is 18.7 Å². The van der Waals surface area contributed by atoms with Crippen LogP contribution in [0.15, 0.2) is 24.3 Å². The minimum absolute atomic E-state index is 0.319. The summed E-state index contributed by atoms with van der Waals surface area (Å²) in [7, 11) is 0. The Balaban J connectivity index is 1.72. The van der Waals surface area contributed by atoms with Crippen LogP contribution >= 0.6 is 0 Å². The van der Waals surface area contributed by atoms with Gasteiger partial charge in [0.2, 0.25) is 0 Å². The Morgan fingerprint density at radius 2 is 2.09 bits per heavy atom. The molecular weight excluding hydrogens is 309 g/mol. The highest BCUT2D eigenvalue weighted by molar-refractivity contribution is 5.73. The van der Waals surface area contributed by atoms with Crippen molar-refractivity contribution in [2.45, 2.75) is 37.3 Å². The quantitative estimate of drug-likeness (QED) is 0.923. The first-order chi connectivity index (χ1) is 10.9. The fraction of sp³-hybridized carbons (Fsp3) is 0.562. The van der Waals surface area contributed by atoms with Gasteiger partial charge < -0.3 is 5.32 Å². The highest BCUT2D eigenvalue weighted by atomic mass is 19.4. The maximum Gasteiger partial charge on any atom is 0.416 e. The summed E-state index contributed by atoms with van der Waals surface area (Å²) in [5.41, 5.74) is -0.409. The summed E-state index contributed by atoms with van der Waals surface area (Å²) in [4.78, 5) is 17.2. The minimum Gasteiger partial charge on any atom is -0.335 e. The van der Waals surface area contributed by atoms with Crippen molar-refractivity contribution in [3.8, 4) is 0 Å². The number of urea groups is 1. The predicted octanol–water partition coefficient (Wildman–Crippen LogP) is 3.47. The van der Waals surface area contributed by atoms with Crippen LogP contribution in [0, 0.1) is 0 Å². The second-order valence-corrected chi connectivity index (χ2v) is 6.16. The molecule has 2 fully saturated rings. The number of nitrogens with one attached hydrogen (secondary N) is 1. The normalized spacial score (nSPS) is 20.2. The zero-order valence-corrected chi connectivity index (χ0v) is 12.7. The van der Waals surface area contributed by atoms with Gasteiger partial charge in [-0.3, -0.25) is 4.84 Å². The summed E-state index contributed by atoms with van der Waals surface area (Å²) in [5.74, 6) is 0. The molecule has 1 heterocycles. The average Bonchev–Trinajstić information content (AvgIpc) is 2.99. The molecule has 1 aliphatic carbocycles. The van der Waals surface area contributed by atoms with Gasteiger partial charge in [0.25, 0.3) is 0 Å². The number of halogens is 3. The fourth-order valence-corrected chi connectivity index (χ4v) is 3.14. The lowest BCUT2D eigenvalue weighted by molar-refractivity contribution is -0.137. The number of nitrogens with zero attached hydrogens (tertiary/aromatic N) is 1. The van der Waals surface area contributed by atoms with E-state index < -0.39 is 17.2 Å². The van der Waals surface area contributed by atoms with Crippen LogP contribution in [0.5, 0.6) is 0 Å². The molecule has 1 aromatic carbocycles. The number of benzene rings is 1. The molecule has 4 nitrogen and oxygen atoms in total. The van der Waals surface area contributed by atoms with E-state index in [-0.39, 0.29) is 6.03 Å². The molecule has 7 heteroatoms. The van der Waals surface area contributed by atoms with Gasteiger partial charge in [-0.25, -0.2) is 9.86 Å². The van der Waals surface area contributed by atoms with E-state index in [9.17, 15) is 18.0 Å². The van der Waals surface area contributed by atoms with Crippen LogP contribution in [0.1, 0.15) is 36.8 Å². The highest BCUT2D eigenvalue weighted by Crippen LogP contribution is 2.44. The van der Waals surface area contributed by atoms with Crippen molar-refractivity contribution in [3.63, 3.8) is 0 Å². The standard InChI is InChI=1S/C16H19F3N2O2/c17-16(18,19)13-5-1-4-12(10-13)15(6-2-7-15)11-20-14(22)21-8-3-9-23-21/h1,4-5,10H,2-3,6-9,11H2,(H,20,22). The Kier molecular flexibility index (Phi) is 4.23. The minimum atomic E-state index is -4.35.